The zero-order valence-electron chi connectivity index (χ0n) is 21.1. The van der Waals surface area contributed by atoms with E-state index in [0.717, 1.165) is 0 Å². The first kappa shape index (κ1) is 26.9. The molecule has 0 unspecified atom stereocenters. The van der Waals surface area contributed by atoms with Crippen molar-refractivity contribution in [3.63, 3.8) is 0 Å². The highest BCUT2D eigenvalue weighted by Crippen LogP contribution is 2.48. The number of allylic oxidation sites excluding steroid dienone is 1. The maximum absolute atomic E-state index is 13.3. The summed E-state index contributed by atoms with van der Waals surface area (Å²) < 4.78 is 16.6. The number of phenolic OH excluding ortho intramolecular Hbond substituents is 1. The molecule has 38 heavy (non-hydrogen) atoms. The molecule has 0 saturated heterocycles. The number of hydrogen-bond acceptors (Lipinski definition) is 8. The van der Waals surface area contributed by atoms with E-state index in [9.17, 15) is 24.3 Å². The van der Waals surface area contributed by atoms with Crippen LogP contribution in [-0.2, 0) is 19.1 Å². The van der Waals surface area contributed by atoms with Crippen LogP contribution in [0, 0.1) is 0 Å². The van der Waals surface area contributed by atoms with E-state index < -0.39 is 36.5 Å². The molecule has 2 aromatic rings. The number of ether oxygens (including phenoxy) is 3. The topological polar surface area (TPSA) is 136 Å². The Labute approximate surface area is 220 Å². The highest BCUT2D eigenvalue weighted by atomic mass is 16.5. The van der Waals surface area contributed by atoms with Crippen molar-refractivity contribution in [3.05, 3.63) is 58.7 Å². The number of para-hydroxylation sites is 1. The lowest BCUT2D eigenvalue weighted by Crippen LogP contribution is -2.24. The van der Waals surface area contributed by atoms with E-state index in [-0.39, 0.29) is 40.6 Å². The summed E-state index contributed by atoms with van der Waals surface area (Å²) in [5, 5.41) is 20.6. The van der Waals surface area contributed by atoms with Crippen LogP contribution in [0.4, 0.5) is 0 Å². The minimum absolute atomic E-state index is 0.0492. The molecule has 0 amide bonds. The van der Waals surface area contributed by atoms with Crippen molar-refractivity contribution in [2.24, 2.45) is 0 Å². The molecule has 0 spiro atoms. The molecule has 0 aliphatic carbocycles. The summed E-state index contributed by atoms with van der Waals surface area (Å²) >= 11 is 0. The van der Waals surface area contributed by atoms with Gasteiger partial charge in [0.15, 0.2) is 6.61 Å². The zero-order chi connectivity index (χ0) is 27.2. The minimum Gasteiger partial charge on any atom is -0.507 e. The molecule has 2 atom stereocenters. The van der Waals surface area contributed by atoms with Gasteiger partial charge in [0.2, 0.25) is 0 Å². The molecule has 2 aliphatic rings. The van der Waals surface area contributed by atoms with Crippen LogP contribution in [0.5, 0.6) is 17.2 Å². The van der Waals surface area contributed by atoms with Crippen molar-refractivity contribution >= 4 is 29.8 Å². The molecule has 2 aliphatic heterocycles. The summed E-state index contributed by atoms with van der Waals surface area (Å²) in [5.74, 6) is -3.05. The van der Waals surface area contributed by atoms with Gasteiger partial charge in [0.05, 0.1) is 12.5 Å². The summed E-state index contributed by atoms with van der Waals surface area (Å²) in [6.45, 7) is 1.15. The Balaban J connectivity index is 1.81. The molecule has 2 aromatic carbocycles. The van der Waals surface area contributed by atoms with Crippen molar-refractivity contribution in [2.75, 3.05) is 6.61 Å². The number of hydrogen-bond donors (Lipinski definition) is 2. The molecular weight excluding hydrogens is 492 g/mol. The molecule has 2 N–H and O–H groups in total. The number of cyclic esters (lactones) is 1. The highest BCUT2D eigenvalue weighted by molar-refractivity contribution is 5.98. The van der Waals surface area contributed by atoms with Crippen LogP contribution in [0.15, 0.2) is 36.4 Å². The van der Waals surface area contributed by atoms with Gasteiger partial charge in [-0.25, -0.2) is 9.59 Å². The van der Waals surface area contributed by atoms with E-state index in [1.54, 1.807) is 43.3 Å². The number of aromatic hydroxyl groups is 1. The van der Waals surface area contributed by atoms with Gasteiger partial charge in [-0.1, -0.05) is 30.4 Å². The molecular formula is C29H30O9. The van der Waals surface area contributed by atoms with Gasteiger partial charge in [0.1, 0.15) is 28.6 Å². The molecule has 0 fully saturated rings. The fourth-order valence-electron chi connectivity index (χ4n) is 4.82. The normalized spacial score (nSPS) is 20.4. The summed E-state index contributed by atoms with van der Waals surface area (Å²) in [5.41, 5.74) is 0.974. The summed E-state index contributed by atoms with van der Waals surface area (Å²) in [6.07, 6.45) is 6.06. The standard InChI is InChI=1S/C29H30O9/c1-17-8-7-11-19(30)10-4-2-3-9-18-14-23-27(28(34)26(18)29(35)37-17)21(15-25(33)38-23)20-12-5-6-13-22(20)36-16-24(31)32/h3,5-6,9,12-14,17,21,34H,2,4,7-8,10-11,15-16H2,1H3,(H,31,32)/t17-,21+/m1/s1. The quantitative estimate of drug-likeness (QED) is 0.429. The van der Waals surface area contributed by atoms with Gasteiger partial charge in [-0.15, -0.1) is 0 Å². The molecule has 200 valence electrons. The van der Waals surface area contributed by atoms with Gasteiger partial charge in [0, 0.05) is 29.9 Å². The molecule has 9 heteroatoms. The summed E-state index contributed by atoms with van der Waals surface area (Å²) in [4.78, 5) is 49.1. The van der Waals surface area contributed by atoms with Gasteiger partial charge in [-0.05, 0) is 50.3 Å². The van der Waals surface area contributed by atoms with E-state index in [0.29, 0.717) is 49.7 Å². The van der Waals surface area contributed by atoms with Gasteiger partial charge >= 0.3 is 17.9 Å². The average Bonchev–Trinajstić information content (AvgIpc) is 2.86. The van der Waals surface area contributed by atoms with E-state index >= 15 is 0 Å². The smallest absolute Gasteiger partial charge is 0.342 e. The Kier molecular flexibility index (Phi) is 8.45. The predicted molar refractivity (Wildman–Crippen MR) is 136 cm³/mol. The summed E-state index contributed by atoms with van der Waals surface area (Å²) in [6, 6.07) is 8.16. The monoisotopic (exact) mass is 522 g/mol. The molecule has 4 rings (SSSR count). The van der Waals surface area contributed by atoms with Crippen molar-refractivity contribution < 1.29 is 43.6 Å². The van der Waals surface area contributed by atoms with Crippen molar-refractivity contribution in [3.8, 4) is 17.2 Å². The number of esters is 2. The van der Waals surface area contributed by atoms with Crippen LogP contribution in [-0.4, -0.2) is 46.6 Å². The fraction of sp³-hybridized carbons (Fsp3) is 0.379. The lowest BCUT2D eigenvalue weighted by atomic mass is 9.83. The highest BCUT2D eigenvalue weighted by Gasteiger charge is 2.36. The third-order valence-corrected chi connectivity index (χ3v) is 6.62. The second-order valence-corrected chi connectivity index (χ2v) is 9.49. The van der Waals surface area contributed by atoms with Crippen molar-refractivity contribution in [1.82, 2.24) is 0 Å². The predicted octanol–water partition coefficient (Wildman–Crippen LogP) is 4.78. The molecule has 2 heterocycles. The Bertz CT molecular complexity index is 1280. The second-order valence-electron chi connectivity index (χ2n) is 9.49. The van der Waals surface area contributed by atoms with E-state index in [1.165, 1.54) is 6.07 Å². The van der Waals surface area contributed by atoms with Crippen LogP contribution < -0.4 is 9.47 Å². The zero-order valence-corrected chi connectivity index (χ0v) is 21.1. The number of aliphatic carboxylic acids is 1. The number of fused-ring (bicyclic) bond motifs is 2. The Morgan fingerprint density at radius 3 is 2.68 bits per heavy atom. The molecule has 9 nitrogen and oxygen atoms in total. The number of benzene rings is 2. The van der Waals surface area contributed by atoms with Gasteiger partial charge in [-0.3, -0.25) is 9.59 Å². The molecule has 0 bridgehead atoms. The molecule has 0 saturated carbocycles. The van der Waals surface area contributed by atoms with E-state index in [2.05, 4.69) is 0 Å². The fourth-order valence-corrected chi connectivity index (χ4v) is 4.82. The van der Waals surface area contributed by atoms with Crippen LogP contribution in [0.3, 0.4) is 0 Å². The number of ketones is 1. The molecule has 0 aromatic heterocycles. The van der Waals surface area contributed by atoms with Gasteiger partial charge in [-0.2, -0.15) is 0 Å². The van der Waals surface area contributed by atoms with E-state index in [1.807, 2.05) is 0 Å². The number of carboxylic acid groups (broad SMARTS) is 1. The lowest BCUT2D eigenvalue weighted by molar-refractivity contribution is -0.139. The minimum atomic E-state index is -1.16. The average molecular weight is 523 g/mol. The van der Waals surface area contributed by atoms with Crippen LogP contribution >= 0.6 is 0 Å². The van der Waals surface area contributed by atoms with Gasteiger partial charge < -0.3 is 24.4 Å². The number of carbonyl (C=O) groups is 4. The Hall–Kier alpha value is -4.14. The Morgan fingerprint density at radius 2 is 1.89 bits per heavy atom. The lowest BCUT2D eigenvalue weighted by Gasteiger charge is -2.28. The van der Waals surface area contributed by atoms with Crippen LogP contribution in [0.1, 0.15) is 84.8 Å². The number of carboxylic acids is 1. The first-order chi connectivity index (χ1) is 18.2. The third-order valence-electron chi connectivity index (χ3n) is 6.62. The number of rotatable bonds is 4. The van der Waals surface area contributed by atoms with E-state index in [4.69, 9.17) is 19.3 Å². The number of carbonyl (C=O) groups excluding carboxylic acids is 3. The maximum atomic E-state index is 13.3. The van der Waals surface area contributed by atoms with Crippen LogP contribution in [0.2, 0.25) is 0 Å². The number of Topliss-reactive ketones (excluding diaryl/α,β-unsaturated/α-hetero) is 1. The largest absolute Gasteiger partial charge is 0.507 e. The Morgan fingerprint density at radius 1 is 1.13 bits per heavy atom. The van der Waals surface area contributed by atoms with Crippen LogP contribution in [0.25, 0.3) is 6.08 Å². The third kappa shape index (κ3) is 6.22. The van der Waals surface area contributed by atoms with Gasteiger partial charge in [0.25, 0.3) is 0 Å². The molecule has 0 radical (unpaired) electrons. The second kappa shape index (κ2) is 11.9. The van der Waals surface area contributed by atoms with Crippen molar-refractivity contribution in [1.29, 1.82) is 0 Å². The van der Waals surface area contributed by atoms with Crippen molar-refractivity contribution in [2.45, 2.75) is 63.9 Å². The SMILES string of the molecule is C[C@@H]1CCCC(=O)CCCC=Cc2cc3c(c(O)c2C(=O)O1)[C@H](c1ccccc1OCC(=O)O)CC(=O)O3. The maximum Gasteiger partial charge on any atom is 0.342 e. The summed E-state index contributed by atoms with van der Waals surface area (Å²) in [7, 11) is 0. The first-order valence-corrected chi connectivity index (χ1v) is 12.7. The number of phenols is 1. The first-order valence-electron chi connectivity index (χ1n) is 12.7.